The van der Waals surface area contributed by atoms with E-state index in [-0.39, 0.29) is 0 Å². The first-order valence-electron chi connectivity index (χ1n) is 10.3. The van der Waals surface area contributed by atoms with E-state index in [0.29, 0.717) is 4.08 Å². The number of hydrogen-bond acceptors (Lipinski definition) is 3. The Morgan fingerprint density at radius 2 is 1.84 bits per heavy atom. The molecule has 4 rings (SSSR count). The third kappa shape index (κ3) is 3.53. The normalized spacial score (nSPS) is 35.0. The van der Waals surface area contributed by atoms with Crippen LogP contribution in [0.2, 0.25) is 0 Å². The summed E-state index contributed by atoms with van der Waals surface area (Å²) in [6.45, 7) is 6.10. The van der Waals surface area contributed by atoms with Crippen LogP contribution in [0.4, 0.5) is 0 Å². The number of fused-ring (bicyclic) bond motifs is 1. The number of thioether (sulfide) groups is 2. The number of likely N-dealkylation sites (tertiary alicyclic amines) is 1. The molecule has 0 amide bonds. The van der Waals surface area contributed by atoms with Gasteiger partial charge in [0.1, 0.15) is 0 Å². The Bertz CT molecular complexity index is 554. The van der Waals surface area contributed by atoms with Gasteiger partial charge in [-0.05, 0) is 49.5 Å². The number of rotatable bonds is 4. The monoisotopic (exact) mass is 375 g/mol. The summed E-state index contributed by atoms with van der Waals surface area (Å²) in [5.74, 6) is 4.52. The van der Waals surface area contributed by atoms with Gasteiger partial charge in [0.2, 0.25) is 0 Å². The zero-order valence-corrected chi connectivity index (χ0v) is 17.5. The van der Waals surface area contributed by atoms with Gasteiger partial charge in [0, 0.05) is 30.1 Å². The molecule has 2 saturated heterocycles. The Morgan fingerprint density at radius 1 is 1.08 bits per heavy atom. The topological polar surface area (TPSA) is 3.24 Å². The van der Waals surface area contributed by atoms with Crippen LogP contribution in [0.1, 0.15) is 57.9 Å². The minimum absolute atomic E-state index is 0.553. The average Bonchev–Trinajstić information content (AvgIpc) is 3.11. The molecule has 1 unspecified atom stereocenters. The molecule has 0 N–H and O–H groups in total. The van der Waals surface area contributed by atoms with Crippen molar-refractivity contribution in [3.63, 3.8) is 0 Å². The molecule has 1 aliphatic carbocycles. The van der Waals surface area contributed by atoms with E-state index in [1.807, 2.05) is 0 Å². The molecule has 0 aromatic heterocycles. The number of piperidine rings is 1. The van der Waals surface area contributed by atoms with Crippen molar-refractivity contribution in [1.29, 1.82) is 0 Å². The molecular weight excluding hydrogens is 342 g/mol. The molecule has 3 aliphatic rings. The lowest BCUT2D eigenvalue weighted by molar-refractivity contribution is -0.0178. The van der Waals surface area contributed by atoms with Crippen LogP contribution in [-0.4, -0.2) is 32.6 Å². The first-order chi connectivity index (χ1) is 12.2. The molecule has 1 aromatic carbocycles. The Balaban J connectivity index is 1.56. The van der Waals surface area contributed by atoms with Crippen molar-refractivity contribution in [2.45, 2.75) is 75.1 Å². The molecule has 2 aliphatic heterocycles. The van der Waals surface area contributed by atoms with Crippen LogP contribution in [-0.2, 0) is 6.54 Å². The van der Waals surface area contributed by atoms with E-state index in [0.717, 1.165) is 30.5 Å². The van der Waals surface area contributed by atoms with Crippen LogP contribution in [0.5, 0.6) is 0 Å². The lowest BCUT2D eigenvalue weighted by Crippen LogP contribution is -2.57. The van der Waals surface area contributed by atoms with Gasteiger partial charge in [-0.2, -0.15) is 0 Å². The van der Waals surface area contributed by atoms with Crippen molar-refractivity contribution < 1.29 is 0 Å². The third-order valence-electron chi connectivity index (χ3n) is 6.95. The molecule has 0 bridgehead atoms. The van der Waals surface area contributed by atoms with E-state index in [9.17, 15) is 0 Å². The van der Waals surface area contributed by atoms with E-state index in [4.69, 9.17) is 0 Å². The fraction of sp³-hybridized carbons (Fsp3) is 0.727. The van der Waals surface area contributed by atoms with Gasteiger partial charge in [0.05, 0.1) is 4.08 Å². The summed E-state index contributed by atoms with van der Waals surface area (Å²) < 4.78 is 0.553. The fourth-order valence-corrected chi connectivity index (χ4v) is 9.28. The summed E-state index contributed by atoms with van der Waals surface area (Å²) in [4.78, 5) is 2.93. The SMILES string of the molecule is CCC[C@H]1CC[C@H]2C(C)C3(CC[C@H]2N1Cc1ccccc1)SCCS3. The highest BCUT2D eigenvalue weighted by molar-refractivity contribution is 8.21. The highest BCUT2D eigenvalue weighted by atomic mass is 32.2. The zero-order chi connectivity index (χ0) is 17.3. The fourth-order valence-electron chi connectivity index (χ4n) is 5.69. The first kappa shape index (κ1) is 18.3. The Kier molecular flexibility index (Phi) is 5.74. The second-order valence-corrected chi connectivity index (χ2v) is 11.4. The number of hydrogen-bond donors (Lipinski definition) is 0. The second-order valence-electron chi connectivity index (χ2n) is 8.25. The van der Waals surface area contributed by atoms with Gasteiger partial charge in [0.25, 0.3) is 0 Å². The van der Waals surface area contributed by atoms with E-state index < -0.39 is 0 Å². The molecule has 0 radical (unpaired) electrons. The van der Waals surface area contributed by atoms with Crippen molar-refractivity contribution in [3.05, 3.63) is 35.9 Å². The molecule has 138 valence electrons. The molecule has 1 saturated carbocycles. The average molecular weight is 376 g/mol. The maximum atomic E-state index is 2.93. The second kappa shape index (κ2) is 7.86. The number of benzene rings is 1. The summed E-state index contributed by atoms with van der Waals surface area (Å²) >= 11 is 4.58. The van der Waals surface area contributed by atoms with Crippen LogP contribution >= 0.6 is 23.5 Å². The van der Waals surface area contributed by atoms with E-state index in [1.54, 1.807) is 0 Å². The highest BCUT2D eigenvalue weighted by Crippen LogP contribution is 2.59. The van der Waals surface area contributed by atoms with E-state index in [2.05, 4.69) is 72.6 Å². The maximum Gasteiger partial charge on any atom is 0.0640 e. The standard InChI is InChI=1S/C22H33NS2/c1-3-7-19-10-11-20-17(2)22(24-14-15-25-22)13-12-21(20)23(19)16-18-8-5-4-6-9-18/h4-6,8-9,17,19-21H,3,7,10-16H2,1-2H3/t17?,19-,20-,21+/m0/s1. The zero-order valence-electron chi connectivity index (χ0n) is 15.8. The van der Waals surface area contributed by atoms with Crippen LogP contribution in [0, 0.1) is 11.8 Å². The minimum Gasteiger partial charge on any atom is -0.293 e. The van der Waals surface area contributed by atoms with Crippen LogP contribution in [0.25, 0.3) is 0 Å². The molecular formula is C22H33NS2. The van der Waals surface area contributed by atoms with E-state index in [1.165, 1.54) is 55.6 Å². The molecule has 3 fully saturated rings. The van der Waals surface area contributed by atoms with Gasteiger partial charge >= 0.3 is 0 Å². The van der Waals surface area contributed by atoms with Gasteiger partial charge < -0.3 is 0 Å². The van der Waals surface area contributed by atoms with Gasteiger partial charge in [-0.15, -0.1) is 23.5 Å². The molecule has 1 aromatic rings. The van der Waals surface area contributed by atoms with Crippen LogP contribution in [0.3, 0.4) is 0 Å². The van der Waals surface area contributed by atoms with Crippen LogP contribution < -0.4 is 0 Å². The van der Waals surface area contributed by atoms with Gasteiger partial charge in [-0.3, -0.25) is 4.90 Å². The predicted molar refractivity (Wildman–Crippen MR) is 113 cm³/mol. The summed E-state index contributed by atoms with van der Waals surface area (Å²) in [7, 11) is 0. The van der Waals surface area contributed by atoms with Gasteiger partial charge in [0.15, 0.2) is 0 Å². The van der Waals surface area contributed by atoms with Gasteiger partial charge in [-0.25, -0.2) is 0 Å². The highest BCUT2D eigenvalue weighted by Gasteiger charge is 2.52. The van der Waals surface area contributed by atoms with Crippen molar-refractivity contribution in [2.75, 3.05) is 11.5 Å². The number of nitrogens with zero attached hydrogens (tertiary/aromatic N) is 1. The largest absolute Gasteiger partial charge is 0.293 e. The third-order valence-corrected chi connectivity index (χ3v) is 10.9. The van der Waals surface area contributed by atoms with Gasteiger partial charge in [-0.1, -0.05) is 50.6 Å². The predicted octanol–water partition coefficient (Wildman–Crippen LogP) is 6.04. The molecule has 25 heavy (non-hydrogen) atoms. The summed E-state index contributed by atoms with van der Waals surface area (Å²) in [5, 5.41) is 0. The summed E-state index contributed by atoms with van der Waals surface area (Å²) in [6, 6.07) is 12.8. The molecule has 1 nitrogen and oxygen atoms in total. The van der Waals surface area contributed by atoms with E-state index >= 15 is 0 Å². The minimum atomic E-state index is 0.553. The lowest BCUT2D eigenvalue weighted by atomic mass is 9.69. The Morgan fingerprint density at radius 3 is 2.56 bits per heavy atom. The first-order valence-corrected chi connectivity index (χ1v) is 12.3. The smallest absolute Gasteiger partial charge is 0.0640 e. The lowest BCUT2D eigenvalue weighted by Gasteiger charge is -2.55. The molecule has 3 heteroatoms. The molecule has 1 spiro atoms. The quantitative estimate of drug-likeness (QED) is 0.631. The maximum absolute atomic E-state index is 2.93. The van der Waals surface area contributed by atoms with Crippen LogP contribution in [0.15, 0.2) is 30.3 Å². The Hall–Kier alpha value is -0.120. The van der Waals surface area contributed by atoms with Crippen molar-refractivity contribution >= 4 is 23.5 Å². The van der Waals surface area contributed by atoms with Crippen molar-refractivity contribution in [1.82, 2.24) is 4.90 Å². The molecule has 4 atom stereocenters. The van der Waals surface area contributed by atoms with Crippen molar-refractivity contribution in [2.24, 2.45) is 11.8 Å². The molecule has 2 heterocycles. The summed E-state index contributed by atoms with van der Waals surface area (Å²) in [6.07, 6.45) is 8.41. The van der Waals surface area contributed by atoms with Crippen molar-refractivity contribution in [3.8, 4) is 0 Å². The Labute approximate surface area is 162 Å². The summed E-state index contributed by atoms with van der Waals surface area (Å²) in [5.41, 5.74) is 1.50.